The second kappa shape index (κ2) is 10.3. The van der Waals surface area contributed by atoms with Gasteiger partial charge in [0.05, 0.1) is 0 Å². The minimum Gasteiger partial charge on any atom is -0.454 e. The summed E-state index contributed by atoms with van der Waals surface area (Å²) in [4.78, 5) is 36.7. The standard InChI is InChI=1S/C22H27N3O4/c1-14(2)20(25-22(28)23-17-10-6-5-7-11-17)21(27)29-13-19(26)24-18-12-8-9-15(3)16(18)4/h5-12,14,20H,13H2,1-4H3,(H,24,26)(H2,23,25,28)/t20-/m1/s1. The molecule has 0 radical (unpaired) electrons. The smallest absolute Gasteiger partial charge is 0.329 e. The van der Waals surface area contributed by atoms with Gasteiger partial charge in [0, 0.05) is 11.4 Å². The number of ether oxygens (including phenoxy) is 1. The number of esters is 1. The van der Waals surface area contributed by atoms with Gasteiger partial charge in [0.1, 0.15) is 6.04 Å². The molecule has 29 heavy (non-hydrogen) atoms. The Morgan fingerprint density at radius 2 is 1.62 bits per heavy atom. The Morgan fingerprint density at radius 3 is 2.28 bits per heavy atom. The maximum absolute atomic E-state index is 12.4. The molecule has 0 aliphatic heterocycles. The number of urea groups is 1. The van der Waals surface area contributed by atoms with Crippen LogP contribution in [0, 0.1) is 19.8 Å². The van der Waals surface area contributed by atoms with Crippen LogP contribution in [0.5, 0.6) is 0 Å². The fourth-order valence-corrected chi connectivity index (χ4v) is 2.63. The van der Waals surface area contributed by atoms with Crippen molar-refractivity contribution in [1.82, 2.24) is 5.32 Å². The maximum Gasteiger partial charge on any atom is 0.329 e. The third kappa shape index (κ3) is 6.64. The van der Waals surface area contributed by atoms with E-state index in [1.165, 1.54) is 0 Å². The highest BCUT2D eigenvalue weighted by molar-refractivity contribution is 5.95. The van der Waals surface area contributed by atoms with E-state index in [4.69, 9.17) is 4.74 Å². The number of nitrogens with one attached hydrogen (secondary N) is 3. The van der Waals surface area contributed by atoms with Crippen LogP contribution in [-0.2, 0) is 14.3 Å². The maximum atomic E-state index is 12.4. The summed E-state index contributed by atoms with van der Waals surface area (Å²) in [5.41, 5.74) is 3.28. The first kappa shape index (κ1) is 21.9. The van der Waals surface area contributed by atoms with Gasteiger partial charge < -0.3 is 20.7 Å². The summed E-state index contributed by atoms with van der Waals surface area (Å²) in [7, 11) is 0. The van der Waals surface area contributed by atoms with Crippen LogP contribution in [0.3, 0.4) is 0 Å². The Morgan fingerprint density at radius 1 is 0.931 bits per heavy atom. The molecular formula is C22H27N3O4. The fraction of sp³-hybridized carbons (Fsp3) is 0.318. The lowest BCUT2D eigenvalue weighted by molar-refractivity contribution is -0.150. The predicted octanol–water partition coefficient (Wildman–Crippen LogP) is 3.63. The van der Waals surface area contributed by atoms with E-state index < -0.39 is 30.6 Å². The third-order valence-corrected chi connectivity index (χ3v) is 4.46. The van der Waals surface area contributed by atoms with Gasteiger partial charge in [-0.1, -0.05) is 44.2 Å². The molecule has 3 N–H and O–H groups in total. The topological polar surface area (TPSA) is 96.5 Å². The summed E-state index contributed by atoms with van der Waals surface area (Å²) in [6, 6.07) is 13.1. The second-order valence-corrected chi connectivity index (χ2v) is 7.09. The van der Waals surface area contributed by atoms with Gasteiger partial charge in [-0.15, -0.1) is 0 Å². The lowest BCUT2D eigenvalue weighted by Crippen LogP contribution is -2.47. The SMILES string of the molecule is Cc1cccc(NC(=O)COC(=O)[C@H](NC(=O)Nc2ccccc2)C(C)C)c1C. The lowest BCUT2D eigenvalue weighted by atomic mass is 10.1. The first-order valence-electron chi connectivity index (χ1n) is 9.43. The average molecular weight is 397 g/mol. The van der Waals surface area contributed by atoms with Gasteiger partial charge in [0.15, 0.2) is 6.61 Å². The van der Waals surface area contributed by atoms with Gasteiger partial charge in [0.25, 0.3) is 5.91 Å². The van der Waals surface area contributed by atoms with Crippen LogP contribution in [0.1, 0.15) is 25.0 Å². The van der Waals surface area contributed by atoms with E-state index in [1.54, 1.807) is 44.2 Å². The molecule has 0 heterocycles. The van der Waals surface area contributed by atoms with E-state index in [9.17, 15) is 14.4 Å². The number of anilines is 2. The predicted molar refractivity (Wildman–Crippen MR) is 113 cm³/mol. The highest BCUT2D eigenvalue weighted by Crippen LogP contribution is 2.17. The van der Waals surface area contributed by atoms with E-state index in [0.29, 0.717) is 11.4 Å². The van der Waals surface area contributed by atoms with E-state index in [1.807, 2.05) is 32.0 Å². The molecule has 7 heteroatoms. The summed E-state index contributed by atoms with van der Waals surface area (Å²) in [6.07, 6.45) is 0. The van der Waals surface area contributed by atoms with Gasteiger partial charge in [-0.3, -0.25) is 4.79 Å². The zero-order valence-electron chi connectivity index (χ0n) is 17.1. The Bertz CT molecular complexity index is 866. The number of rotatable bonds is 7. The largest absolute Gasteiger partial charge is 0.454 e. The summed E-state index contributed by atoms with van der Waals surface area (Å²) in [5.74, 6) is -1.33. The lowest BCUT2D eigenvalue weighted by Gasteiger charge is -2.21. The number of hydrogen-bond acceptors (Lipinski definition) is 4. The van der Waals surface area contributed by atoms with Crippen molar-refractivity contribution >= 4 is 29.3 Å². The first-order valence-corrected chi connectivity index (χ1v) is 9.43. The number of benzene rings is 2. The minimum atomic E-state index is -0.882. The van der Waals surface area contributed by atoms with Gasteiger partial charge in [-0.2, -0.15) is 0 Å². The molecule has 3 amide bonds. The summed E-state index contributed by atoms with van der Waals surface area (Å²) < 4.78 is 5.13. The molecule has 0 fully saturated rings. The van der Waals surface area contributed by atoms with Crippen LogP contribution in [0.2, 0.25) is 0 Å². The van der Waals surface area contributed by atoms with E-state index >= 15 is 0 Å². The molecular weight excluding hydrogens is 370 g/mol. The number of carbonyl (C=O) groups excluding carboxylic acids is 3. The van der Waals surface area contributed by atoms with Gasteiger partial charge in [-0.25, -0.2) is 9.59 Å². The van der Waals surface area contributed by atoms with Gasteiger partial charge in [0.2, 0.25) is 0 Å². The number of hydrogen-bond donors (Lipinski definition) is 3. The first-order chi connectivity index (χ1) is 13.8. The quantitative estimate of drug-likeness (QED) is 0.622. The van der Waals surface area contributed by atoms with Crippen molar-refractivity contribution in [3.63, 3.8) is 0 Å². The van der Waals surface area contributed by atoms with E-state index in [0.717, 1.165) is 11.1 Å². The molecule has 0 saturated carbocycles. The molecule has 0 bridgehead atoms. The van der Waals surface area contributed by atoms with Crippen LogP contribution >= 0.6 is 0 Å². The van der Waals surface area contributed by atoms with Gasteiger partial charge >= 0.3 is 12.0 Å². The van der Waals surface area contributed by atoms with Crippen molar-refractivity contribution in [2.24, 2.45) is 5.92 Å². The molecule has 1 atom stereocenters. The van der Waals surface area contributed by atoms with Crippen LogP contribution in [0.25, 0.3) is 0 Å². The Hall–Kier alpha value is -3.35. The van der Waals surface area contributed by atoms with Crippen molar-refractivity contribution in [1.29, 1.82) is 0 Å². The Labute approximate surface area is 170 Å². The molecule has 2 aromatic carbocycles. The summed E-state index contributed by atoms with van der Waals surface area (Å²) in [6.45, 7) is 6.98. The molecule has 0 aromatic heterocycles. The Kier molecular flexibility index (Phi) is 7.77. The molecule has 0 saturated heterocycles. The highest BCUT2D eigenvalue weighted by atomic mass is 16.5. The molecule has 0 unspecified atom stereocenters. The summed E-state index contributed by atoms with van der Waals surface area (Å²) in [5, 5.41) is 7.98. The zero-order valence-corrected chi connectivity index (χ0v) is 17.1. The fourth-order valence-electron chi connectivity index (χ4n) is 2.63. The normalized spacial score (nSPS) is 11.5. The van der Waals surface area contributed by atoms with E-state index in [-0.39, 0.29) is 5.92 Å². The van der Waals surface area contributed by atoms with Crippen LogP contribution in [0.4, 0.5) is 16.2 Å². The zero-order chi connectivity index (χ0) is 21.4. The van der Waals surface area contributed by atoms with Crippen molar-refractivity contribution in [3.05, 3.63) is 59.7 Å². The number of para-hydroxylation sites is 1. The molecule has 0 spiro atoms. The highest BCUT2D eigenvalue weighted by Gasteiger charge is 2.26. The monoisotopic (exact) mass is 397 g/mol. The molecule has 0 aliphatic rings. The second-order valence-electron chi connectivity index (χ2n) is 7.09. The molecule has 2 rings (SSSR count). The number of aryl methyl sites for hydroxylation is 1. The average Bonchev–Trinajstić information content (AvgIpc) is 2.68. The molecule has 0 aliphatic carbocycles. The van der Waals surface area contributed by atoms with Crippen molar-refractivity contribution in [2.45, 2.75) is 33.7 Å². The molecule has 7 nitrogen and oxygen atoms in total. The van der Waals surface area contributed by atoms with Crippen molar-refractivity contribution in [3.8, 4) is 0 Å². The molecule has 2 aromatic rings. The van der Waals surface area contributed by atoms with Gasteiger partial charge in [-0.05, 0) is 49.1 Å². The van der Waals surface area contributed by atoms with Crippen molar-refractivity contribution in [2.75, 3.05) is 17.2 Å². The number of amides is 3. The van der Waals surface area contributed by atoms with Crippen LogP contribution in [-0.4, -0.2) is 30.6 Å². The van der Waals surface area contributed by atoms with E-state index in [2.05, 4.69) is 16.0 Å². The Balaban J connectivity index is 1.89. The minimum absolute atomic E-state index is 0.217. The number of carbonyl (C=O) groups is 3. The van der Waals surface area contributed by atoms with Crippen LogP contribution < -0.4 is 16.0 Å². The molecule has 154 valence electrons. The van der Waals surface area contributed by atoms with Crippen molar-refractivity contribution < 1.29 is 19.1 Å². The third-order valence-electron chi connectivity index (χ3n) is 4.46. The van der Waals surface area contributed by atoms with Crippen LogP contribution in [0.15, 0.2) is 48.5 Å². The summed E-state index contributed by atoms with van der Waals surface area (Å²) >= 11 is 0.